The van der Waals surface area contributed by atoms with E-state index >= 15 is 0 Å². The normalized spacial score (nSPS) is 15.8. The molecule has 0 amide bonds. The van der Waals surface area contributed by atoms with Gasteiger partial charge in [-0.1, -0.05) is 48.5 Å². The van der Waals surface area contributed by atoms with Crippen molar-refractivity contribution in [2.75, 3.05) is 0 Å². The first-order valence-corrected chi connectivity index (χ1v) is 5.84. The summed E-state index contributed by atoms with van der Waals surface area (Å²) in [6, 6.07) is 14.8. The predicted molar refractivity (Wildman–Crippen MR) is 68.6 cm³/mol. The number of para-hydroxylation sites is 1. The Kier molecular flexibility index (Phi) is 4.26. The van der Waals surface area contributed by atoms with Crippen molar-refractivity contribution in [3.05, 3.63) is 70.9 Å². The molecule has 3 atom stereocenters. The number of benzene rings is 2. The average molecular weight is 261 g/mol. The second-order valence-electron chi connectivity index (χ2n) is 4.19. The lowest BCUT2D eigenvalue weighted by atomic mass is 9.97. The zero-order valence-electron chi connectivity index (χ0n) is 10.1. The van der Waals surface area contributed by atoms with Crippen LogP contribution in [0.15, 0.2) is 54.6 Å². The van der Waals surface area contributed by atoms with Gasteiger partial charge in [-0.15, -0.1) is 0 Å². The van der Waals surface area contributed by atoms with Crippen molar-refractivity contribution in [1.82, 2.24) is 0 Å². The quantitative estimate of drug-likeness (QED) is 0.615. The largest absolute Gasteiger partial charge is 0.595 e. The van der Waals surface area contributed by atoms with Gasteiger partial charge in [-0.25, -0.2) is 5.21 Å². The maximum absolute atomic E-state index is 11.1. The van der Waals surface area contributed by atoms with Crippen molar-refractivity contribution in [2.45, 2.75) is 12.2 Å². The number of quaternary nitrogens is 1. The molecule has 0 aliphatic heterocycles. The van der Waals surface area contributed by atoms with E-state index in [1.807, 2.05) is 0 Å². The molecule has 0 bridgehead atoms. The van der Waals surface area contributed by atoms with Crippen LogP contribution in [0.3, 0.4) is 0 Å². The molecule has 5 nitrogen and oxygen atoms in total. The average Bonchev–Trinajstić information content (AvgIpc) is 2.46. The van der Waals surface area contributed by atoms with Crippen LogP contribution in [0.2, 0.25) is 0 Å². The van der Waals surface area contributed by atoms with Gasteiger partial charge in [0.1, 0.15) is 12.2 Å². The van der Waals surface area contributed by atoms with Crippen LogP contribution in [0.4, 0.5) is 5.69 Å². The fourth-order valence-electron chi connectivity index (χ4n) is 1.95. The van der Waals surface area contributed by atoms with Crippen LogP contribution < -0.4 is 5.23 Å². The molecular formula is C14H15NO4. The molecule has 2 aromatic rings. The fourth-order valence-corrected chi connectivity index (χ4v) is 1.95. The third kappa shape index (κ3) is 2.98. The van der Waals surface area contributed by atoms with E-state index in [4.69, 9.17) is 5.21 Å². The highest BCUT2D eigenvalue weighted by Crippen LogP contribution is 2.31. The summed E-state index contributed by atoms with van der Waals surface area (Å²) in [6.07, 6.45) is -2.45. The molecule has 1 unspecified atom stereocenters. The predicted octanol–water partition coefficient (Wildman–Crippen LogP) is 0.857. The number of hydrogen-bond acceptors (Lipinski definition) is 4. The minimum absolute atomic E-state index is 0.00928. The molecule has 0 spiro atoms. The van der Waals surface area contributed by atoms with Crippen molar-refractivity contribution < 1.29 is 20.6 Å². The van der Waals surface area contributed by atoms with E-state index in [0.29, 0.717) is 5.56 Å². The van der Waals surface area contributed by atoms with Gasteiger partial charge in [-0.05, 0) is 5.56 Å². The molecule has 5 heteroatoms. The van der Waals surface area contributed by atoms with Crippen molar-refractivity contribution in [1.29, 1.82) is 0 Å². The number of hydrogen-bond donors (Lipinski definition) is 4. The molecule has 2 aromatic carbocycles. The maximum Gasteiger partial charge on any atom is 0.169 e. The fraction of sp³-hybridized carbons (Fsp3) is 0.143. The SMILES string of the molecule is [O-][NH+](O)c1ccccc1[C@@H](O)[C@@H](O)c1ccccc1. The number of aliphatic hydroxyl groups is 2. The molecular weight excluding hydrogens is 246 g/mol. The molecule has 0 aliphatic carbocycles. The van der Waals surface area contributed by atoms with E-state index in [1.54, 1.807) is 42.5 Å². The van der Waals surface area contributed by atoms with Gasteiger partial charge in [0, 0.05) is 11.6 Å². The van der Waals surface area contributed by atoms with Gasteiger partial charge < -0.3 is 15.4 Å². The summed E-state index contributed by atoms with van der Waals surface area (Å²) in [7, 11) is 0. The molecule has 2 rings (SSSR count). The summed E-state index contributed by atoms with van der Waals surface area (Å²) in [4.78, 5) is 0. The van der Waals surface area contributed by atoms with Crippen molar-refractivity contribution >= 4 is 5.69 Å². The lowest BCUT2D eigenvalue weighted by Gasteiger charge is -2.22. The van der Waals surface area contributed by atoms with E-state index in [2.05, 4.69) is 0 Å². The number of aliphatic hydroxyl groups excluding tert-OH is 2. The Labute approximate surface area is 110 Å². The Morgan fingerprint density at radius 2 is 1.42 bits per heavy atom. The first-order valence-electron chi connectivity index (χ1n) is 5.84. The standard InChI is InChI=1S/C14H15NO4/c16-13(10-6-2-1-3-7-10)14(17)11-8-4-5-9-12(11)15(18)19/h1-9,13-18H/t13-,14+/m0/s1. The molecule has 0 saturated heterocycles. The van der Waals surface area contributed by atoms with Gasteiger partial charge >= 0.3 is 0 Å². The molecule has 100 valence electrons. The van der Waals surface area contributed by atoms with Gasteiger partial charge in [0.05, 0.1) is 0 Å². The van der Waals surface area contributed by atoms with Crippen molar-refractivity contribution in [3.8, 4) is 0 Å². The van der Waals surface area contributed by atoms with Gasteiger partial charge in [0.15, 0.2) is 5.69 Å². The highest BCUT2D eigenvalue weighted by molar-refractivity contribution is 5.42. The van der Waals surface area contributed by atoms with Crippen LogP contribution in [0.1, 0.15) is 23.3 Å². The lowest BCUT2D eigenvalue weighted by Crippen LogP contribution is -2.99. The highest BCUT2D eigenvalue weighted by atomic mass is 16.8. The van der Waals surface area contributed by atoms with Crippen LogP contribution in [-0.4, -0.2) is 15.4 Å². The van der Waals surface area contributed by atoms with Crippen LogP contribution in [0.25, 0.3) is 0 Å². The van der Waals surface area contributed by atoms with Gasteiger partial charge in [0.2, 0.25) is 0 Å². The minimum atomic E-state index is -1.28. The Morgan fingerprint density at radius 1 is 0.842 bits per heavy atom. The van der Waals surface area contributed by atoms with Crippen LogP contribution in [0, 0.1) is 5.21 Å². The third-order valence-electron chi connectivity index (χ3n) is 2.95. The van der Waals surface area contributed by atoms with E-state index in [0.717, 1.165) is 0 Å². The van der Waals surface area contributed by atoms with Crippen molar-refractivity contribution in [3.63, 3.8) is 0 Å². The molecule has 0 fully saturated rings. The molecule has 0 radical (unpaired) electrons. The van der Waals surface area contributed by atoms with Crippen LogP contribution in [0.5, 0.6) is 0 Å². The summed E-state index contributed by atoms with van der Waals surface area (Å²) in [5, 5.41) is 39.3. The van der Waals surface area contributed by atoms with E-state index in [9.17, 15) is 15.4 Å². The Hall–Kier alpha value is -1.76. The topological polar surface area (TPSA) is 88.2 Å². The smallest absolute Gasteiger partial charge is 0.169 e. The second kappa shape index (κ2) is 5.92. The Morgan fingerprint density at radius 3 is 2.05 bits per heavy atom. The highest BCUT2D eigenvalue weighted by Gasteiger charge is 2.24. The number of nitrogens with one attached hydrogen (secondary N) is 1. The second-order valence-corrected chi connectivity index (χ2v) is 4.19. The first-order chi connectivity index (χ1) is 9.11. The summed E-state index contributed by atoms with van der Waals surface area (Å²) in [5.41, 5.74) is 0.728. The zero-order chi connectivity index (χ0) is 13.8. The summed E-state index contributed by atoms with van der Waals surface area (Å²) < 4.78 is 0. The first kappa shape index (κ1) is 13.7. The van der Waals surface area contributed by atoms with E-state index < -0.39 is 17.4 Å². The molecule has 0 heterocycles. The Balaban J connectivity index is 2.32. The third-order valence-corrected chi connectivity index (χ3v) is 2.95. The molecule has 0 aliphatic rings. The molecule has 0 saturated carbocycles. The number of rotatable bonds is 4. The van der Waals surface area contributed by atoms with Gasteiger partial charge in [-0.2, -0.15) is 5.23 Å². The van der Waals surface area contributed by atoms with Gasteiger partial charge in [0.25, 0.3) is 0 Å². The van der Waals surface area contributed by atoms with Gasteiger partial charge in [-0.3, -0.25) is 0 Å². The molecule has 4 N–H and O–H groups in total. The van der Waals surface area contributed by atoms with E-state index in [-0.39, 0.29) is 11.3 Å². The summed E-state index contributed by atoms with van der Waals surface area (Å²) in [6.45, 7) is 0. The zero-order valence-corrected chi connectivity index (χ0v) is 10.1. The minimum Gasteiger partial charge on any atom is -0.595 e. The van der Waals surface area contributed by atoms with Crippen molar-refractivity contribution in [2.24, 2.45) is 0 Å². The monoisotopic (exact) mass is 261 g/mol. The summed E-state index contributed by atoms with van der Waals surface area (Å²) >= 11 is 0. The maximum atomic E-state index is 11.1. The van der Waals surface area contributed by atoms with Crippen LogP contribution in [-0.2, 0) is 0 Å². The molecule has 0 aromatic heterocycles. The van der Waals surface area contributed by atoms with Crippen LogP contribution >= 0.6 is 0 Å². The summed E-state index contributed by atoms with van der Waals surface area (Å²) in [5.74, 6) is 0. The van der Waals surface area contributed by atoms with E-state index in [1.165, 1.54) is 12.1 Å². The molecule has 19 heavy (non-hydrogen) atoms. The Bertz CT molecular complexity index is 530. The lowest BCUT2D eigenvalue weighted by molar-refractivity contribution is -0.991.